The van der Waals surface area contributed by atoms with E-state index in [2.05, 4.69) is 9.97 Å². The molecule has 0 atom stereocenters. The molecule has 0 aliphatic rings. The Morgan fingerprint density at radius 3 is 0.889 bits per heavy atom. The van der Waals surface area contributed by atoms with Crippen LogP contribution in [-0.2, 0) is 37.1 Å². The van der Waals surface area contributed by atoms with E-state index < -0.39 is 92.7 Å². The fourth-order valence-electron chi connectivity index (χ4n) is 8.44. The Kier molecular flexibility index (Phi) is 11.6. The predicted molar refractivity (Wildman–Crippen MR) is 224 cm³/mol. The number of alkyl halides is 18. The van der Waals surface area contributed by atoms with Crippen LogP contribution in [0.5, 0.6) is 0 Å². The number of aromatic nitrogens is 2. The average Bonchev–Trinajstić information content (AvgIpc) is 3.99. The molecule has 0 radical (unpaired) electrons. The highest BCUT2D eigenvalue weighted by Gasteiger charge is 2.42. The smallest absolute Gasteiger partial charge is 0.417 e. The summed E-state index contributed by atoms with van der Waals surface area (Å²) in [4.78, 5) is 8.66. The van der Waals surface area contributed by atoms with E-state index in [0.29, 0.717) is 12.1 Å². The maximum absolute atomic E-state index is 14.9. The lowest BCUT2D eigenvalue weighted by molar-refractivity contribution is -0.144. The van der Waals surface area contributed by atoms with Crippen LogP contribution in [0.1, 0.15) is 33.4 Å². The second kappa shape index (κ2) is 16.9. The second-order valence-corrected chi connectivity index (χ2v) is 16.0. The number of benzene rings is 7. The Balaban J connectivity index is 1.21. The number of hydrogen-bond donors (Lipinski definition) is 0. The molecule has 0 N–H and O–H groups in total. The molecule has 9 aromatic rings. The molecule has 72 heavy (non-hydrogen) atoms. The van der Waals surface area contributed by atoms with Gasteiger partial charge in [-0.15, -0.1) is 0 Å². The van der Waals surface area contributed by atoms with Gasteiger partial charge in [0.25, 0.3) is 0 Å². The van der Waals surface area contributed by atoms with Crippen LogP contribution < -0.4 is 0 Å². The first-order chi connectivity index (χ1) is 33.5. The molecule has 0 saturated carbocycles. The Morgan fingerprint density at radius 2 is 0.597 bits per heavy atom. The van der Waals surface area contributed by atoms with Crippen LogP contribution in [0, 0.1) is 0 Å². The van der Waals surface area contributed by atoms with Crippen molar-refractivity contribution >= 4 is 22.2 Å². The number of hydrogen-bond acceptors (Lipinski definition) is 4. The molecule has 9 rings (SSSR count). The van der Waals surface area contributed by atoms with Gasteiger partial charge in [-0.1, -0.05) is 72.8 Å². The van der Waals surface area contributed by atoms with Gasteiger partial charge in [-0.2, -0.15) is 79.0 Å². The van der Waals surface area contributed by atoms with Gasteiger partial charge in [-0.3, -0.25) is 0 Å². The maximum atomic E-state index is 14.9. The zero-order valence-electron chi connectivity index (χ0n) is 35.2. The highest BCUT2D eigenvalue weighted by molar-refractivity contribution is 6.18. The van der Waals surface area contributed by atoms with Crippen LogP contribution in [0.25, 0.3) is 89.0 Å². The molecule has 7 aromatic carbocycles. The van der Waals surface area contributed by atoms with Gasteiger partial charge in [0, 0.05) is 0 Å². The highest BCUT2D eigenvalue weighted by Crippen LogP contribution is 2.51. The molecule has 2 aromatic heterocycles. The molecule has 0 aliphatic heterocycles. The second-order valence-electron chi connectivity index (χ2n) is 16.0. The fourth-order valence-corrected chi connectivity index (χ4v) is 8.44. The lowest BCUT2D eigenvalue weighted by Crippen LogP contribution is -2.12. The zero-order chi connectivity index (χ0) is 52.1. The molecule has 370 valence electrons. The summed E-state index contributed by atoms with van der Waals surface area (Å²) in [5, 5.41) is 0. The van der Waals surface area contributed by atoms with Crippen molar-refractivity contribution in [2.24, 2.45) is 0 Å². The lowest BCUT2D eigenvalue weighted by Gasteiger charge is -2.19. The van der Waals surface area contributed by atoms with Crippen molar-refractivity contribution in [3.63, 3.8) is 0 Å². The number of nitrogens with zero attached hydrogens (tertiary/aromatic N) is 2. The normalized spacial score (nSPS) is 13.1. The third-order valence-electron chi connectivity index (χ3n) is 11.5. The van der Waals surface area contributed by atoms with Crippen LogP contribution >= 0.6 is 0 Å². The lowest BCUT2D eigenvalue weighted by atomic mass is 9.87. The van der Waals surface area contributed by atoms with E-state index in [1.165, 1.54) is 48.5 Å². The Hall–Kier alpha value is -7.78. The van der Waals surface area contributed by atoms with Gasteiger partial charge in [0.05, 0.1) is 44.5 Å². The molecule has 0 aliphatic carbocycles. The largest absolute Gasteiger partial charge is 0.443 e. The van der Waals surface area contributed by atoms with Gasteiger partial charge in [-0.05, 0) is 104 Å². The number of fused-ring (bicyclic) bond motifs is 2. The van der Waals surface area contributed by atoms with Crippen molar-refractivity contribution in [2.45, 2.75) is 37.1 Å². The minimum atomic E-state index is -5.37. The minimum absolute atomic E-state index is 0.00684. The summed E-state index contributed by atoms with van der Waals surface area (Å²) in [6.07, 6.45) is -30.3. The SMILES string of the molecule is FC(F)(F)c1cc(-c2ccc(-c3ccccc3-c3c4ncoc4c(-c4ccccc4-c4ccc(-c5cc(C(F)(F)F)cc(C(F)(F)F)c5)c(C(F)(F)F)c4)c4ncoc34)cc2C(F)(F)F)cc(C(F)(F)F)c1. The number of halogens is 18. The van der Waals surface area contributed by atoms with Crippen molar-refractivity contribution in [1.29, 1.82) is 0 Å². The molecule has 0 fully saturated rings. The summed E-state index contributed by atoms with van der Waals surface area (Å²) in [6.45, 7) is 0. The first kappa shape index (κ1) is 49.2. The predicted octanol–water partition coefficient (Wildman–Crippen LogP) is 18.1. The van der Waals surface area contributed by atoms with Crippen LogP contribution in [0.4, 0.5) is 79.0 Å². The Morgan fingerprint density at radius 1 is 0.292 bits per heavy atom. The fraction of sp³-hybridized carbons (Fsp3) is 0.120. The van der Waals surface area contributed by atoms with Crippen molar-refractivity contribution in [3.05, 3.63) is 167 Å². The van der Waals surface area contributed by atoms with Crippen LogP contribution in [0.2, 0.25) is 0 Å². The summed E-state index contributed by atoms with van der Waals surface area (Å²) in [5.74, 6) is 0. The van der Waals surface area contributed by atoms with E-state index in [1.807, 2.05) is 0 Å². The summed E-state index contributed by atoms with van der Waals surface area (Å²) in [7, 11) is 0. The Labute approximate surface area is 390 Å². The van der Waals surface area contributed by atoms with E-state index >= 15 is 0 Å². The van der Waals surface area contributed by atoms with Crippen molar-refractivity contribution in [1.82, 2.24) is 9.97 Å². The maximum Gasteiger partial charge on any atom is 0.417 e. The van der Waals surface area contributed by atoms with E-state index in [1.54, 1.807) is 0 Å². The van der Waals surface area contributed by atoms with Gasteiger partial charge < -0.3 is 8.83 Å². The first-order valence-electron chi connectivity index (χ1n) is 20.3. The standard InChI is InChI=1S/C50H22F18N2O2/c51-45(52,53)27-13-25(14-28(19-27)46(54,55)56)33-11-9-23(17-37(33)49(63,64)65)31-5-1-3-7-35(31)39-41-44(72-21-69-41)40(42-43(39)71-22-70-42)36-8-4-2-6-32(36)24-10-12-34(38(18-24)50(66,67)68)26-15-29(47(57,58)59)20-30(16-26)48(60,61)62/h1-22H. The quantitative estimate of drug-likeness (QED) is 0.156. The monoisotopic (exact) mass is 1020 g/mol. The molecule has 2 heterocycles. The molecule has 0 saturated heterocycles. The highest BCUT2D eigenvalue weighted by atomic mass is 19.4. The van der Waals surface area contributed by atoms with Gasteiger partial charge >= 0.3 is 37.1 Å². The topological polar surface area (TPSA) is 52.1 Å². The van der Waals surface area contributed by atoms with Gasteiger partial charge in [0.2, 0.25) is 0 Å². The molecule has 0 unspecified atom stereocenters. The molecule has 4 nitrogen and oxygen atoms in total. The van der Waals surface area contributed by atoms with Crippen molar-refractivity contribution in [2.75, 3.05) is 0 Å². The van der Waals surface area contributed by atoms with Gasteiger partial charge in [0.15, 0.2) is 24.0 Å². The first-order valence-corrected chi connectivity index (χ1v) is 20.3. The summed E-state index contributed by atoms with van der Waals surface area (Å²) in [6, 6.07) is 16.1. The Bertz CT molecular complexity index is 3230. The zero-order valence-corrected chi connectivity index (χ0v) is 35.2. The minimum Gasteiger partial charge on any atom is -0.443 e. The molecule has 0 amide bonds. The average molecular weight is 1020 g/mol. The molecule has 22 heteroatoms. The molecular formula is C50H22F18N2O2. The molecule has 0 bridgehead atoms. The summed E-state index contributed by atoms with van der Waals surface area (Å²) >= 11 is 0. The molecule has 0 spiro atoms. The van der Waals surface area contributed by atoms with Crippen LogP contribution in [-0.4, -0.2) is 9.97 Å². The van der Waals surface area contributed by atoms with Crippen molar-refractivity contribution < 1.29 is 87.9 Å². The van der Waals surface area contributed by atoms with Crippen molar-refractivity contribution in [3.8, 4) is 66.8 Å². The van der Waals surface area contributed by atoms with Crippen LogP contribution in [0.3, 0.4) is 0 Å². The van der Waals surface area contributed by atoms with Crippen LogP contribution in [0.15, 0.2) is 143 Å². The third-order valence-corrected chi connectivity index (χ3v) is 11.5. The van der Waals surface area contributed by atoms with Gasteiger partial charge in [-0.25, -0.2) is 9.97 Å². The number of rotatable bonds is 6. The van der Waals surface area contributed by atoms with E-state index in [-0.39, 0.29) is 103 Å². The van der Waals surface area contributed by atoms with Gasteiger partial charge in [0.1, 0.15) is 11.0 Å². The third kappa shape index (κ3) is 9.08. The summed E-state index contributed by atoms with van der Waals surface area (Å²) < 4.78 is 266. The summed E-state index contributed by atoms with van der Waals surface area (Å²) in [5.41, 5.74) is -15.4. The van der Waals surface area contributed by atoms with E-state index in [0.717, 1.165) is 37.1 Å². The van der Waals surface area contributed by atoms with E-state index in [9.17, 15) is 79.0 Å². The van der Waals surface area contributed by atoms with E-state index in [4.69, 9.17) is 8.83 Å². The number of oxazole rings is 2. The molecular weight excluding hydrogens is 1000 g/mol.